The van der Waals surface area contributed by atoms with E-state index in [9.17, 15) is 19.2 Å². The van der Waals surface area contributed by atoms with Gasteiger partial charge in [-0.15, -0.1) is 11.6 Å². The lowest BCUT2D eigenvalue weighted by atomic mass is 9.94. The third-order valence-corrected chi connectivity index (χ3v) is 8.14. The van der Waals surface area contributed by atoms with Crippen LogP contribution in [0.15, 0.2) is 24.3 Å². The van der Waals surface area contributed by atoms with Crippen LogP contribution in [0.25, 0.3) is 0 Å². The van der Waals surface area contributed by atoms with Gasteiger partial charge in [0, 0.05) is 44.9 Å². The molecule has 1 aliphatic carbocycles. The molecule has 2 heterocycles. The van der Waals surface area contributed by atoms with Gasteiger partial charge in [-0.05, 0) is 62.8 Å². The van der Waals surface area contributed by atoms with E-state index in [1.807, 2.05) is 0 Å². The molecule has 252 valence electrons. The maximum Gasteiger partial charge on any atom is 0.303 e. The Morgan fingerprint density at radius 3 is 1.39 bits per heavy atom. The predicted octanol–water partition coefficient (Wildman–Crippen LogP) is 4.60. The minimum atomic E-state index is -0.652. The molecule has 0 amide bonds. The number of carbonyl (C=O) groups is 4. The van der Waals surface area contributed by atoms with Crippen LogP contribution in [0.1, 0.15) is 79.1 Å². The fourth-order valence-corrected chi connectivity index (χ4v) is 5.66. The van der Waals surface area contributed by atoms with Gasteiger partial charge in [-0.2, -0.15) is 0 Å². The van der Waals surface area contributed by atoms with Crippen molar-refractivity contribution >= 4 is 35.5 Å². The van der Waals surface area contributed by atoms with E-state index in [4.69, 9.17) is 40.0 Å². The summed E-state index contributed by atoms with van der Waals surface area (Å²) in [6.07, 6.45) is 10.6. The third-order valence-electron chi connectivity index (χ3n) is 7.70. The topological polar surface area (TPSA) is 124 Å². The maximum absolute atomic E-state index is 11.5. The summed E-state index contributed by atoms with van der Waals surface area (Å²) in [4.78, 5) is 45.6. The Morgan fingerprint density at radius 1 is 0.609 bits per heavy atom. The van der Waals surface area contributed by atoms with E-state index in [1.165, 1.54) is 27.7 Å². The largest absolute Gasteiger partial charge is 0.463 e. The molecule has 11 heteroatoms. The van der Waals surface area contributed by atoms with Gasteiger partial charge in [0.25, 0.3) is 0 Å². The lowest BCUT2D eigenvalue weighted by Gasteiger charge is -2.29. The average molecular weight is 661 g/mol. The highest BCUT2D eigenvalue weighted by molar-refractivity contribution is 6.20. The number of hydrogen-bond acceptors (Lipinski definition) is 10. The highest BCUT2D eigenvalue weighted by Gasteiger charge is 2.31. The normalized spacial score (nSPS) is 31.4. The molecule has 0 bridgehead atoms. The summed E-state index contributed by atoms with van der Waals surface area (Å²) in [5, 5.41) is -0.00134. The summed E-state index contributed by atoms with van der Waals surface area (Å²) in [5.74, 6) is 11.7. The first kappa shape index (κ1) is 37.2. The van der Waals surface area contributed by atoms with Gasteiger partial charge in [0.15, 0.2) is 0 Å². The molecule has 0 aromatic rings. The van der Waals surface area contributed by atoms with Crippen LogP contribution in [0.4, 0.5) is 0 Å². The van der Waals surface area contributed by atoms with Crippen molar-refractivity contribution in [3.8, 4) is 23.7 Å². The van der Waals surface area contributed by atoms with Crippen molar-refractivity contribution < 1.29 is 47.6 Å². The number of halogens is 1. The van der Waals surface area contributed by atoms with Gasteiger partial charge in [0.1, 0.15) is 49.8 Å². The van der Waals surface area contributed by atoms with Crippen molar-refractivity contribution in [3.05, 3.63) is 24.3 Å². The van der Waals surface area contributed by atoms with Crippen molar-refractivity contribution in [3.63, 3.8) is 0 Å². The molecule has 0 radical (unpaired) electrons. The summed E-state index contributed by atoms with van der Waals surface area (Å²) < 4.78 is 32.8. The van der Waals surface area contributed by atoms with Crippen molar-refractivity contribution in [1.29, 1.82) is 0 Å². The highest BCUT2D eigenvalue weighted by Crippen LogP contribution is 2.27. The molecule has 3 aliphatic rings. The van der Waals surface area contributed by atoms with Crippen molar-refractivity contribution in [2.75, 3.05) is 13.2 Å². The summed E-state index contributed by atoms with van der Waals surface area (Å²) in [6.45, 7) is 5.19. The van der Waals surface area contributed by atoms with E-state index >= 15 is 0 Å². The second-order valence-electron chi connectivity index (χ2n) is 11.7. The van der Waals surface area contributed by atoms with Gasteiger partial charge in [-0.25, -0.2) is 0 Å². The lowest BCUT2D eigenvalue weighted by Crippen LogP contribution is -2.41. The smallest absolute Gasteiger partial charge is 0.303 e. The standard InChI is InChI=1S/C35H45ClO10/c1-23(37)41-21-34-32(43-25(3)39)19-17-30(45-34)15-11-27-7-5-6-8-28(10-14-29(36)13-9-27)12-16-31-18-20-33(44-26(4)40)35(46-31)22-42-24(2)38/h17-20,27-35H,5-10,13-14,21-22H2,1-4H3/t27?,28?,29?,30-,31-,32+,33+,34-,35-/m1/s1. The molecular weight excluding hydrogens is 616 g/mol. The lowest BCUT2D eigenvalue weighted by molar-refractivity contribution is -0.162. The van der Waals surface area contributed by atoms with Gasteiger partial charge in [0.2, 0.25) is 0 Å². The zero-order chi connectivity index (χ0) is 33.5. The number of ether oxygens (including phenoxy) is 6. The van der Waals surface area contributed by atoms with Gasteiger partial charge < -0.3 is 28.4 Å². The number of rotatable bonds is 6. The van der Waals surface area contributed by atoms with Crippen LogP contribution in [0.5, 0.6) is 0 Å². The van der Waals surface area contributed by atoms with Crippen LogP contribution in [0, 0.1) is 35.5 Å². The molecule has 0 aromatic heterocycles. The Morgan fingerprint density at radius 2 is 1.02 bits per heavy atom. The molecule has 1 saturated carbocycles. The van der Waals surface area contributed by atoms with Crippen LogP contribution in [-0.4, -0.2) is 79.1 Å². The fourth-order valence-electron chi connectivity index (χ4n) is 5.40. The van der Waals surface area contributed by atoms with Gasteiger partial charge in [0.05, 0.1) is 0 Å². The Kier molecular flexibility index (Phi) is 15.6. The van der Waals surface area contributed by atoms with E-state index in [1.54, 1.807) is 24.3 Å². The molecule has 0 saturated heterocycles. The summed E-state index contributed by atoms with van der Waals surface area (Å²) in [7, 11) is 0. The van der Waals surface area contributed by atoms with Crippen LogP contribution >= 0.6 is 11.6 Å². The zero-order valence-electron chi connectivity index (χ0n) is 27.0. The maximum atomic E-state index is 11.5. The molecule has 10 nitrogen and oxygen atoms in total. The van der Waals surface area contributed by atoms with Crippen LogP contribution in [-0.2, 0) is 47.6 Å². The van der Waals surface area contributed by atoms with Gasteiger partial charge in [-0.1, -0.05) is 36.5 Å². The molecule has 0 N–H and O–H groups in total. The number of esters is 4. The second-order valence-corrected chi connectivity index (χ2v) is 12.3. The van der Waals surface area contributed by atoms with Crippen molar-refractivity contribution in [2.45, 2.75) is 121 Å². The Labute approximate surface area is 276 Å². The predicted molar refractivity (Wildman–Crippen MR) is 169 cm³/mol. The third kappa shape index (κ3) is 14.0. The summed E-state index contributed by atoms with van der Waals surface area (Å²) in [5.41, 5.74) is 0. The molecule has 2 aliphatic heterocycles. The first-order valence-electron chi connectivity index (χ1n) is 15.9. The molecule has 0 spiro atoms. The SMILES string of the molecule is CC(=O)OC[C@H]1O[C@H](C#CC2CCCCC(C#C[C@@H]3C=C[C@H](OC(C)=O)[C@@H](COC(C)=O)O3)CCC(Cl)CC2)C=C[C@@H]1OC(C)=O. The molecule has 8 atom stereocenters. The first-order chi connectivity index (χ1) is 22.0. The van der Waals surface area contributed by atoms with Gasteiger partial charge >= 0.3 is 23.9 Å². The molecule has 3 rings (SSSR count). The Balaban J connectivity index is 1.59. The number of alkyl halides is 1. The average Bonchev–Trinajstić information content (AvgIpc) is 3.03. The number of hydrogen-bond donors (Lipinski definition) is 0. The quantitative estimate of drug-likeness (QED) is 0.131. The van der Waals surface area contributed by atoms with Gasteiger partial charge in [-0.3, -0.25) is 19.2 Å². The summed E-state index contributed by atoms with van der Waals surface area (Å²) in [6, 6.07) is 0. The van der Waals surface area contributed by atoms with E-state index < -0.39 is 60.5 Å². The summed E-state index contributed by atoms with van der Waals surface area (Å²) >= 11 is 6.74. The van der Waals surface area contributed by atoms with E-state index in [2.05, 4.69) is 23.7 Å². The van der Waals surface area contributed by atoms with E-state index in [-0.39, 0.29) is 30.4 Å². The van der Waals surface area contributed by atoms with Crippen LogP contribution in [0.2, 0.25) is 0 Å². The molecule has 2 unspecified atom stereocenters. The first-order valence-corrected chi connectivity index (χ1v) is 16.4. The number of carbonyl (C=O) groups excluding carboxylic acids is 4. The van der Waals surface area contributed by atoms with Crippen LogP contribution < -0.4 is 0 Å². The Hall–Kier alpha value is -3.31. The molecular formula is C35H45ClO10. The highest BCUT2D eigenvalue weighted by atomic mass is 35.5. The monoisotopic (exact) mass is 660 g/mol. The van der Waals surface area contributed by atoms with Crippen LogP contribution in [0.3, 0.4) is 0 Å². The Bertz CT molecular complexity index is 1140. The molecule has 1 fully saturated rings. The minimum absolute atomic E-state index is 0.00134. The molecule has 0 aromatic carbocycles. The van der Waals surface area contributed by atoms with Crippen molar-refractivity contribution in [2.24, 2.45) is 11.8 Å². The second kappa shape index (κ2) is 19.4. The van der Waals surface area contributed by atoms with E-state index in [0.29, 0.717) is 0 Å². The zero-order valence-corrected chi connectivity index (χ0v) is 27.8. The fraction of sp³-hybridized carbons (Fsp3) is 0.657. The van der Waals surface area contributed by atoms with Crippen molar-refractivity contribution in [1.82, 2.24) is 0 Å². The molecule has 46 heavy (non-hydrogen) atoms. The minimum Gasteiger partial charge on any atom is -0.463 e. The van der Waals surface area contributed by atoms with E-state index in [0.717, 1.165) is 51.4 Å².